The number of amides is 1. The Hall–Kier alpha value is -2.26. The average molecular weight is 385 g/mol. The van der Waals surface area contributed by atoms with Gasteiger partial charge in [0.2, 0.25) is 0 Å². The molecule has 4 nitrogen and oxygen atoms in total. The maximum Gasteiger partial charge on any atom is 0.491 e. The Morgan fingerprint density at radius 1 is 0.885 bits per heavy atom. The number of hydrogen-bond acceptors (Lipinski definition) is 3. The molecule has 10 heteroatoms. The number of alkyl halides is 6. The van der Waals surface area contributed by atoms with Crippen LogP contribution in [0.1, 0.15) is 50.7 Å². The maximum atomic E-state index is 12.5. The molecule has 0 aromatic heterocycles. The van der Waals surface area contributed by atoms with E-state index in [2.05, 4.69) is 4.74 Å². The summed E-state index contributed by atoms with van der Waals surface area (Å²) in [5.41, 5.74) is -0.135. The van der Waals surface area contributed by atoms with Crippen LogP contribution in [0.15, 0.2) is 12.1 Å². The van der Waals surface area contributed by atoms with Crippen LogP contribution in [0.5, 0.6) is 5.75 Å². The maximum absolute atomic E-state index is 12.5. The molecular formula is C16H17F6NO3. The summed E-state index contributed by atoms with van der Waals surface area (Å²) in [6.45, 7) is 6.22. The molecule has 0 heterocycles. The fourth-order valence-corrected chi connectivity index (χ4v) is 2.07. The van der Waals surface area contributed by atoms with Gasteiger partial charge in [0.1, 0.15) is 5.75 Å². The lowest BCUT2D eigenvalue weighted by molar-refractivity contribution is -0.189. The lowest BCUT2D eigenvalue weighted by Gasteiger charge is -2.21. The number of esters is 1. The van der Waals surface area contributed by atoms with Crippen LogP contribution in [0.3, 0.4) is 0 Å². The summed E-state index contributed by atoms with van der Waals surface area (Å²) >= 11 is 0. The van der Waals surface area contributed by atoms with Crippen LogP contribution in [0.25, 0.3) is 0 Å². The summed E-state index contributed by atoms with van der Waals surface area (Å²) in [7, 11) is 0. The molecule has 0 aliphatic carbocycles. The van der Waals surface area contributed by atoms with E-state index in [9.17, 15) is 35.9 Å². The van der Waals surface area contributed by atoms with Gasteiger partial charge in [0.25, 0.3) is 0 Å². The van der Waals surface area contributed by atoms with E-state index in [0.717, 1.165) is 12.1 Å². The molecule has 1 N–H and O–H groups in total. The summed E-state index contributed by atoms with van der Waals surface area (Å²) in [4.78, 5) is 22.3. The zero-order chi connectivity index (χ0) is 20.4. The second-order valence-corrected chi connectivity index (χ2v) is 6.13. The number of benzene rings is 1. The summed E-state index contributed by atoms with van der Waals surface area (Å²) in [6, 6.07) is 2.11. The Morgan fingerprint density at radius 2 is 1.31 bits per heavy atom. The summed E-state index contributed by atoms with van der Waals surface area (Å²) in [5.74, 6) is -6.02. The highest BCUT2D eigenvalue weighted by Gasteiger charge is 2.42. The van der Waals surface area contributed by atoms with Crippen LogP contribution in [-0.2, 0) is 9.59 Å². The molecule has 0 saturated heterocycles. The third-order valence-corrected chi connectivity index (χ3v) is 3.33. The molecule has 0 radical (unpaired) electrons. The second kappa shape index (κ2) is 7.55. The van der Waals surface area contributed by atoms with Gasteiger partial charge in [-0.05, 0) is 35.1 Å². The smallest absolute Gasteiger partial charge is 0.419 e. The number of hydrogen-bond donors (Lipinski definition) is 1. The fraction of sp³-hybridized carbons (Fsp3) is 0.500. The number of carbonyl (C=O) groups is 2. The molecule has 0 aliphatic heterocycles. The Labute approximate surface area is 145 Å². The van der Waals surface area contributed by atoms with Crippen LogP contribution >= 0.6 is 0 Å². The largest absolute Gasteiger partial charge is 0.491 e. The number of ether oxygens (including phenoxy) is 1. The highest BCUT2D eigenvalue weighted by atomic mass is 19.4. The third-order valence-electron chi connectivity index (χ3n) is 3.33. The van der Waals surface area contributed by atoms with Gasteiger partial charge >= 0.3 is 24.2 Å². The molecular weight excluding hydrogens is 368 g/mol. The Kier molecular flexibility index (Phi) is 6.32. The highest BCUT2D eigenvalue weighted by Crippen LogP contribution is 2.39. The van der Waals surface area contributed by atoms with Crippen molar-refractivity contribution in [3.05, 3.63) is 23.3 Å². The van der Waals surface area contributed by atoms with Crippen molar-refractivity contribution in [2.45, 2.75) is 51.9 Å². The molecule has 1 aromatic carbocycles. The number of halogens is 6. The third kappa shape index (κ3) is 5.37. The molecule has 0 saturated carbocycles. The van der Waals surface area contributed by atoms with Crippen molar-refractivity contribution in [2.24, 2.45) is 0 Å². The molecule has 0 atom stereocenters. The molecule has 0 fully saturated rings. The van der Waals surface area contributed by atoms with Gasteiger partial charge in [-0.2, -0.15) is 26.3 Å². The van der Waals surface area contributed by atoms with Crippen molar-refractivity contribution >= 4 is 17.6 Å². The van der Waals surface area contributed by atoms with Gasteiger partial charge < -0.3 is 10.1 Å². The fourth-order valence-electron chi connectivity index (χ4n) is 2.07. The highest BCUT2D eigenvalue weighted by molar-refractivity contribution is 5.95. The van der Waals surface area contributed by atoms with Crippen LogP contribution < -0.4 is 10.1 Å². The molecule has 1 amide bonds. The van der Waals surface area contributed by atoms with Gasteiger partial charge in [0.05, 0.1) is 0 Å². The van der Waals surface area contributed by atoms with Crippen molar-refractivity contribution in [2.75, 3.05) is 5.32 Å². The van der Waals surface area contributed by atoms with Crippen molar-refractivity contribution < 1.29 is 40.7 Å². The quantitative estimate of drug-likeness (QED) is 0.456. The van der Waals surface area contributed by atoms with Crippen molar-refractivity contribution in [3.8, 4) is 5.75 Å². The zero-order valence-corrected chi connectivity index (χ0v) is 14.3. The van der Waals surface area contributed by atoms with E-state index < -0.39 is 36.1 Å². The van der Waals surface area contributed by atoms with Crippen LogP contribution in [0.4, 0.5) is 32.0 Å². The number of nitrogens with one attached hydrogen (secondary N) is 1. The van der Waals surface area contributed by atoms with Gasteiger partial charge in [-0.25, -0.2) is 4.79 Å². The monoisotopic (exact) mass is 385 g/mol. The molecule has 0 spiro atoms. The molecule has 0 bridgehead atoms. The minimum Gasteiger partial charge on any atom is -0.419 e. The van der Waals surface area contributed by atoms with Crippen LogP contribution in [0, 0.1) is 0 Å². The van der Waals surface area contributed by atoms with E-state index in [1.54, 1.807) is 33.0 Å². The molecule has 0 aliphatic rings. The topological polar surface area (TPSA) is 55.4 Å². The number of anilines is 1. The van der Waals surface area contributed by atoms with E-state index >= 15 is 0 Å². The summed E-state index contributed by atoms with van der Waals surface area (Å²) < 4.78 is 79.4. The van der Waals surface area contributed by atoms with Gasteiger partial charge in [-0.15, -0.1) is 0 Å². The minimum atomic E-state index is -5.23. The first-order valence-electron chi connectivity index (χ1n) is 7.49. The van der Waals surface area contributed by atoms with E-state index in [-0.39, 0.29) is 22.6 Å². The van der Waals surface area contributed by atoms with Gasteiger partial charge in [-0.3, -0.25) is 4.79 Å². The molecule has 146 valence electrons. The van der Waals surface area contributed by atoms with Crippen LogP contribution in [0.2, 0.25) is 0 Å². The standard InChI is InChI=1S/C16H17F6NO3/c1-7(2)10-5-9(23-13(24)15(17,18)19)6-11(8(3)4)12(10)26-14(25)16(20,21)22/h5-8H,1-4H3,(H,23,24). The van der Waals surface area contributed by atoms with E-state index in [1.165, 1.54) is 0 Å². The van der Waals surface area contributed by atoms with Crippen molar-refractivity contribution in [3.63, 3.8) is 0 Å². The van der Waals surface area contributed by atoms with Crippen molar-refractivity contribution in [1.82, 2.24) is 0 Å². The molecule has 1 rings (SSSR count). The predicted octanol–water partition coefficient (Wildman–Crippen LogP) is 4.90. The van der Waals surface area contributed by atoms with Gasteiger partial charge in [-0.1, -0.05) is 27.7 Å². The lowest BCUT2D eigenvalue weighted by atomic mass is 9.93. The van der Waals surface area contributed by atoms with Gasteiger partial charge in [0.15, 0.2) is 0 Å². The Morgan fingerprint density at radius 3 is 1.62 bits per heavy atom. The first-order valence-corrected chi connectivity index (χ1v) is 7.49. The summed E-state index contributed by atoms with van der Waals surface area (Å²) in [6.07, 6.45) is -10.4. The average Bonchev–Trinajstić information content (AvgIpc) is 2.45. The molecule has 0 unspecified atom stereocenters. The van der Waals surface area contributed by atoms with E-state index in [0.29, 0.717) is 0 Å². The van der Waals surface area contributed by atoms with Crippen molar-refractivity contribution in [1.29, 1.82) is 0 Å². The van der Waals surface area contributed by atoms with E-state index in [4.69, 9.17) is 0 Å². The minimum absolute atomic E-state index is 0.0614. The second-order valence-electron chi connectivity index (χ2n) is 6.13. The lowest BCUT2D eigenvalue weighted by Crippen LogP contribution is -2.30. The van der Waals surface area contributed by atoms with Gasteiger partial charge in [0, 0.05) is 5.69 Å². The summed E-state index contributed by atoms with van der Waals surface area (Å²) in [5, 5.41) is 1.66. The SMILES string of the molecule is CC(C)c1cc(NC(=O)C(F)(F)F)cc(C(C)C)c1OC(=O)C(F)(F)F. The first kappa shape index (κ1) is 21.8. The number of carbonyl (C=O) groups excluding carboxylic acids is 2. The number of rotatable bonds is 4. The zero-order valence-electron chi connectivity index (χ0n) is 14.3. The first-order chi connectivity index (χ1) is 11.6. The van der Waals surface area contributed by atoms with E-state index in [1.807, 2.05) is 0 Å². The Bertz CT molecular complexity index is 663. The Balaban J connectivity index is 3.46. The normalized spacial score (nSPS) is 12.5. The predicted molar refractivity (Wildman–Crippen MR) is 81.0 cm³/mol. The molecule has 1 aromatic rings. The molecule has 26 heavy (non-hydrogen) atoms. The van der Waals surface area contributed by atoms with Crippen LogP contribution in [-0.4, -0.2) is 24.2 Å².